The van der Waals surface area contributed by atoms with Crippen LogP contribution in [0.4, 0.5) is 0 Å². The van der Waals surface area contributed by atoms with E-state index in [0.29, 0.717) is 6.04 Å². The summed E-state index contributed by atoms with van der Waals surface area (Å²) >= 11 is 1.76. The first kappa shape index (κ1) is 14.1. The summed E-state index contributed by atoms with van der Waals surface area (Å²) in [4.78, 5) is 1.28. The highest BCUT2D eigenvalue weighted by Crippen LogP contribution is 2.32. The van der Waals surface area contributed by atoms with Gasteiger partial charge in [-0.05, 0) is 36.9 Å². The van der Waals surface area contributed by atoms with Gasteiger partial charge in [0, 0.05) is 6.04 Å². The molecule has 102 valence electrons. The van der Waals surface area contributed by atoms with Crippen molar-refractivity contribution >= 4 is 11.3 Å². The third kappa shape index (κ3) is 3.58. The van der Waals surface area contributed by atoms with Gasteiger partial charge >= 0.3 is 0 Å². The zero-order chi connectivity index (χ0) is 13.7. The minimum atomic E-state index is 0.322. The summed E-state index contributed by atoms with van der Waals surface area (Å²) in [6, 6.07) is 11.1. The lowest BCUT2D eigenvalue weighted by Crippen LogP contribution is -2.22. The van der Waals surface area contributed by atoms with Crippen molar-refractivity contribution in [3.05, 3.63) is 51.7 Å². The summed E-state index contributed by atoms with van der Waals surface area (Å²) in [7, 11) is 1.74. The Labute approximate surface area is 119 Å². The minimum absolute atomic E-state index is 0.322. The smallest absolute Gasteiger partial charge is 0.134 e. The molecule has 1 N–H and O–H groups in total. The van der Waals surface area contributed by atoms with E-state index in [4.69, 9.17) is 4.74 Å². The molecule has 2 aromatic rings. The fraction of sp³-hybridized carbons (Fsp3) is 0.375. The van der Waals surface area contributed by atoms with E-state index in [1.807, 2.05) is 6.07 Å². The largest absolute Gasteiger partial charge is 0.496 e. The Balaban J connectivity index is 2.18. The molecule has 1 aromatic heterocycles. The van der Waals surface area contributed by atoms with Crippen LogP contribution in [0.15, 0.2) is 35.7 Å². The summed E-state index contributed by atoms with van der Waals surface area (Å²) in [5.74, 6) is 0.989. The maximum absolute atomic E-state index is 5.44. The van der Waals surface area contributed by atoms with Gasteiger partial charge in [0.25, 0.3) is 0 Å². The van der Waals surface area contributed by atoms with E-state index in [-0.39, 0.29) is 0 Å². The molecule has 0 saturated carbocycles. The molecule has 19 heavy (non-hydrogen) atoms. The van der Waals surface area contributed by atoms with Crippen molar-refractivity contribution in [3.8, 4) is 5.75 Å². The van der Waals surface area contributed by atoms with Gasteiger partial charge in [-0.1, -0.05) is 36.8 Å². The quantitative estimate of drug-likeness (QED) is 0.861. The van der Waals surface area contributed by atoms with Gasteiger partial charge in [-0.25, -0.2) is 0 Å². The Morgan fingerprint density at radius 3 is 2.58 bits per heavy atom. The predicted molar refractivity (Wildman–Crippen MR) is 82.2 cm³/mol. The SMILES string of the molecule is CCNC(Cc1ccc(C)cc1)c1sccc1OC. The number of thiophene rings is 1. The van der Waals surface area contributed by atoms with Gasteiger partial charge in [-0.3, -0.25) is 0 Å². The monoisotopic (exact) mass is 275 g/mol. The summed E-state index contributed by atoms with van der Waals surface area (Å²) in [6.07, 6.45) is 0.991. The molecule has 1 heterocycles. The molecular weight excluding hydrogens is 254 g/mol. The molecular formula is C16H21NOS. The molecule has 0 aliphatic rings. The maximum Gasteiger partial charge on any atom is 0.134 e. The van der Waals surface area contributed by atoms with Gasteiger partial charge in [0.15, 0.2) is 0 Å². The molecule has 0 bridgehead atoms. The molecule has 1 unspecified atom stereocenters. The first-order valence-electron chi connectivity index (χ1n) is 6.65. The van der Waals surface area contributed by atoms with E-state index in [1.54, 1.807) is 18.4 Å². The van der Waals surface area contributed by atoms with Gasteiger partial charge in [0.1, 0.15) is 5.75 Å². The minimum Gasteiger partial charge on any atom is -0.496 e. The second-order valence-corrected chi connectivity index (χ2v) is 5.60. The zero-order valence-corrected chi connectivity index (χ0v) is 12.6. The van der Waals surface area contributed by atoms with Crippen LogP contribution in [-0.2, 0) is 6.42 Å². The molecule has 2 rings (SSSR count). The Kier molecular flexibility index (Phi) is 5.00. The van der Waals surface area contributed by atoms with Gasteiger partial charge in [-0.15, -0.1) is 11.3 Å². The van der Waals surface area contributed by atoms with Gasteiger partial charge in [0.2, 0.25) is 0 Å². The topological polar surface area (TPSA) is 21.3 Å². The molecule has 1 atom stereocenters. The van der Waals surface area contributed by atoms with Gasteiger partial charge < -0.3 is 10.1 Å². The standard InChI is InChI=1S/C16H21NOS/c1-4-17-14(16-15(18-3)9-10-19-16)11-13-7-5-12(2)6-8-13/h5-10,14,17H,4,11H2,1-3H3. The molecule has 0 radical (unpaired) electrons. The number of aryl methyl sites for hydroxylation is 1. The summed E-state index contributed by atoms with van der Waals surface area (Å²) in [5, 5.41) is 5.64. The lowest BCUT2D eigenvalue weighted by Gasteiger charge is -2.18. The number of benzene rings is 1. The number of hydrogen-bond donors (Lipinski definition) is 1. The van der Waals surface area contributed by atoms with Crippen LogP contribution < -0.4 is 10.1 Å². The Bertz CT molecular complexity index is 504. The molecule has 1 aromatic carbocycles. The van der Waals surface area contributed by atoms with Crippen LogP contribution in [-0.4, -0.2) is 13.7 Å². The molecule has 3 heteroatoms. The van der Waals surface area contributed by atoms with E-state index in [1.165, 1.54) is 16.0 Å². The predicted octanol–water partition coefficient (Wildman–Crippen LogP) is 3.96. The second kappa shape index (κ2) is 6.73. The lowest BCUT2D eigenvalue weighted by atomic mass is 10.0. The van der Waals surface area contributed by atoms with E-state index in [9.17, 15) is 0 Å². The van der Waals surface area contributed by atoms with Crippen LogP contribution in [0.1, 0.15) is 29.0 Å². The van der Waals surface area contributed by atoms with Crippen molar-refractivity contribution in [2.24, 2.45) is 0 Å². The number of hydrogen-bond acceptors (Lipinski definition) is 3. The van der Waals surface area contributed by atoms with Crippen LogP contribution in [0.5, 0.6) is 5.75 Å². The maximum atomic E-state index is 5.44. The van der Waals surface area contributed by atoms with Gasteiger partial charge in [-0.2, -0.15) is 0 Å². The summed E-state index contributed by atoms with van der Waals surface area (Å²) < 4.78 is 5.44. The summed E-state index contributed by atoms with van der Waals surface area (Å²) in [6.45, 7) is 5.22. The van der Waals surface area contributed by atoms with Crippen molar-refractivity contribution in [1.82, 2.24) is 5.32 Å². The average Bonchev–Trinajstić information content (AvgIpc) is 2.89. The summed E-state index contributed by atoms with van der Waals surface area (Å²) in [5.41, 5.74) is 2.66. The Morgan fingerprint density at radius 1 is 1.21 bits per heavy atom. The van der Waals surface area contributed by atoms with Crippen molar-refractivity contribution in [2.45, 2.75) is 26.3 Å². The molecule has 0 amide bonds. The number of likely N-dealkylation sites (N-methyl/N-ethyl adjacent to an activating group) is 1. The molecule has 0 aliphatic carbocycles. The number of methoxy groups -OCH3 is 1. The van der Waals surface area contributed by atoms with E-state index in [0.717, 1.165) is 18.7 Å². The van der Waals surface area contributed by atoms with E-state index < -0.39 is 0 Å². The van der Waals surface area contributed by atoms with Gasteiger partial charge in [0.05, 0.1) is 12.0 Å². The molecule has 0 saturated heterocycles. The van der Waals surface area contributed by atoms with Crippen molar-refractivity contribution < 1.29 is 4.74 Å². The highest BCUT2D eigenvalue weighted by Gasteiger charge is 2.17. The van der Waals surface area contributed by atoms with Crippen LogP contribution in [0.25, 0.3) is 0 Å². The number of rotatable bonds is 6. The zero-order valence-electron chi connectivity index (χ0n) is 11.8. The van der Waals surface area contributed by atoms with Crippen LogP contribution >= 0.6 is 11.3 Å². The Hall–Kier alpha value is -1.32. The van der Waals surface area contributed by atoms with Crippen LogP contribution in [0.3, 0.4) is 0 Å². The lowest BCUT2D eigenvalue weighted by molar-refractivity contribution is 0.403. The van der Waals surface area contributed by atoms with Crippen molar-refractivity contribution in [1.29, 1.82) is 0 Å². The van der Waals surface area contributed by atoms with Crippen molar-refractivity contribution in [3.63, 3.8) is 0 Å². The highest BCUT2D eigenvalue weighted by molar-refractivity contribution is 7.10. The first-order chi connectivity index (χ1) is 9.24. The molecule has 0 spiro atoms. The average molecular weight is 275 g/mol. The first-order valence-corrected chi connectivity index (χ1v) is 7.53. The van der Waals surface area contributed by atoms with Crippen molar-refractivity contribution in [2.75, 3.05) is 13.7 Å². The fourth-order valence-corrected chi connectivity index (χ4v) is 3.13. The van der Waals surface area contributed by atoms with Crippen LogP contribution in [0.2, 0.25) is 0 Å². The fourth-order valence-electron chi connectivity index (χ4n) is 2.20. The second-order valence-electron chi connectivity index (χ2n) is 4.65. The molecule has 2 nitrogen and oxygen atoms in total. The number of nitrogens with one attached hydrogen (secondary N) is 1. The highest BCUT2D eigenvalue weighted by atomic mass is 32.1. The third-order valence-electron chi connectivity index (χ3n) is 3.20. The normalized spacial score (nSPS) is 12.4. The molecule has 0 aliphatic heterocycles. The molecule has 0 fully saturated rings. The van der Waals surface area contributed by atoms with E-state index >= 15 is 0 Å². The van der Waals surface area contributed by atoms with E-state index in [2.05, 4.69) is 48.8 Å². The third-order valence-corrected chi connectivity index (χ3v) is 4.22. The number of ether oxygens (including phenoxy) is 1. The van der Waals surface area contributed by atoms with Crippen LogP contribution in [0, 0.1) is 6.92 Å². The Morgan fingerprint density at radius 2 is 1.95 bits per heavy atom.